The van der Waals surface area contributed by atoms with Crippen LogP contribution in [0.1, 0.15) is 19.3 Å². The lowest BCUT2D eigenvalue weighted by molar-refractivity contribution is -0.119. The quantitative estimate of drug-likeness (QED) is 0.508. The molecule has 0 saturated carbocycles. The molecule has 3 aromatic rings. The molecule has 1 aromatic carbocycles. The van der Waals surface area contributed by atoms with Gasteiger partial charge in [0.25, 0.3) is 0 Å². The van der Waals surface area contributed by atoms with Gasteiger partial charge in [0.05, 0.1) is 23.5 Å². The molecule has 2 fully saturated rings. The van der Waals surface area contributed by atoms with E-state index in [4.69, 9.17) is 5.10 Å². The van der Waals surface area contributed by atoms with Crippen LogP contribution in [0, 0.1) is 0 Å². The van der Waals surface area contributed by atoms with Gasteiger partial charge in [-0.2, -0.15) is 0 Å². The second-order valence-electron chi connectivity index (χ2n) is 10.2. The van der Waals surface area contributed by atoms with Gasteiger partial charge in [0.1, 0.15) is 0 Å². The van der Waals surface area contributed by atoms with Gasteiger partial charge in [0.2, 0.25) is 5.91 Å². The summed E-state index contributed by atoms with van der Waals surface area (Å²) in [6, 6.07) is 11.3. The molecular formula is C27H34N8O2. The third-order valence-corrected chi connectivity index (χ3v) is 7.69. The van der Waals surface area contributed by atoms with Crippen LogP contribution in [0.15, 0.2) is 47.4 Å². The van der Waals surface area contributed by atoms with Gasteiger partial charge in [0.15, 0.2) is 11.6 Å². The maximum absolute atomic E-state index is 13.8. The smallest absolute Gasteiger partial charge is 0.304 e. The number of piperazine rings is 1. The number of carbonyl (C=O) groups is 1. The van der Waals surface area contributed by atoms with Crippen molar-refractivity contribution in [3.05, 3.63) is 53.1 Å². The second kappa shape index (κ2) is 10.2. The molecule has 0 aliphatic carbocycles. The molecule has 5 heterocycles. The average Bonchev–Trinajstić information content (AvgIpc) is 3.51. The number of likely N-dealkylation sites (N-methyl/N-ethyl adjacent to an activating group) is 1. The van der Waals surface area contributed by atoms with E-state index in [9.17, 15) is 9.59 Å². The Labute approximate surface area is 216 Å². The maximum atomic E-state index is 13.8. The number of hydrogen-bond donors (Lipinski definition) is 0. The van der Waals surface area contributed by atoms with Crippen LogP contribution in [0.3, 0.4) is 0 Å². The van der Waals surface area contributed by atoms with Crippen molar-refractivity contribution in [1.29, 1.82) is 0 Å². The zero-order valence-electron chi connectivity index (χ0n) is 21.4. The number of benzene rings is 1. The van der Waals surface area contributed by atoms with Gasteiger partial charge in [-0.1, -0.05) is 12.1 Å². The van der Waals surface area contributed by atoms with Crippen molar-refractivity contribution in [1.82, 2.24) is 34.0 Å². The van der Waals surface area contributed by atoms with Crippen molar-refractivity contribution in [2.24, 2.45) is 0 Å². The summed E-state index contributed by atoms with van der Waals surface area (Å²) < 4.78 is 3.22. The van der Waals surface area contributed by atoms with Crippen LogP contribution < -0.4 is 10.6 Å². The van der Waals surface area contributed by atoms with E-state index in [0.717, 1.165) is 52.2 Å². The fraction of sp³-hybridized carbons (Fsp3) is 0.481. The Balaban J connectivity index is 1.37. The molecule has 0 spiro atoms. The molecule has 3 aliphatic heterocycles. The number of fused-ring (bicyclic) bond motifs is 5. The Morgan fingerprint density at radius 2 is 1.65 bits per heavy atom. The number of hydrogen-bond acceptors (Lipinski definition) is 7. The Bertz CT molecular complexity index is 1330. The molecule has 2 saturated heterocycles. The predicted octanol–water partition coefficient (Wildman–Crippen LogP) is 1.81. The van der Waals surface area contributed by atoms with Crippen molar-refractivity contribution in [2.45, 2.75) is 25.8 Å². The number of amides is 1. The second-order valence-corrected chi connectivity index (χ2v) is 10.2. The third kappa shape index (κ3) is 4.60. The molecular weight excluding hydrogens is 468 g/mol. The van der Waals surface area contributed by atoms with Crippen LogP contribution in [0.25, 0.3) is 17.1 Å². The lowest BCUT2D eigenvalue weighted by Gasteiger charge is -2.33. The van der Waals surface area contributed by atoms with Crippen LogP contribution >= 0.6 is 0 Å². The minimum Gasteiger partial charge on any atom is -0.304 e. The van der Waals surface area contributed by atoms with Crippen molar-refractivity contribution in [3.63, 3.8) is 0 Å². The molecule has 1 amide bonds. The van der Waals surface area contributed by atoms with Crippen LogP contribution in [0.2, 0.25) is 0 Å². The number of aromatic nitrogens is 4. The summed E-state index contributed by atoms with van der Waals surface area (Å²) in [5.74, 6) is 0.979. The topological polar surface area (TPSA) is 82.7 Å². The lowest BCUT2D eigenvalue weighted by atomic mass is 10.2. The molecule has 0 radical (unpaired) electrons. The summed E-state index contributed by atoms with van der Waals surface area (Å²) in [5.41, 5.74) is 1.80. The minimum absolute atomic E-state index is 0.0614. The van der Waals surface area contributed by atoms with E-state index in [1.807, 2.05) is 36.4 Å². The lowest BCUT2D eigenvalue weighted by Crippen LogP contribution is -2.48. The number of anilines is 2. The Hall–Kier alpha value is -3.34. The van der Waals surface area contributed by atoms with Gasteiger partial charge in [-0.3, -0.25) is 14.6 Å². The highest BCUT2D eigenvalue weighted by atomic mass is 16.2. The highest BCUT2D eigenvalue weighted by Crippen LogP contribution is 2.40. The molecule has 194 valence electrons. The first-order chi connectivity index (χ1) is 18.1. The molecule has 0 N–H and O–H groups in total. The van der Waals surface area contributed by atoms with Crippen molar-refractivity contribution in [3.8, 4) is 17.1 Å². The number of likely N-dealkylation sites (tertiary alicyclic amines) is 1. The van der Waals surface area contributed by atoms with Gasteiger partial charge >= 0.3 is 5.69 Å². The molecule has 6 rings (SSSR count). The predicted molar refractivity (Wildman–Crippen MR) is 142 cm³/mol. The maximum Gasteiger partial charge on any atom is 0.350 e. The van der Waals surface area contributed by atoms with E-state index in [0.29, 0.717) is 41.7 Å². The molecule has 10 heteroatoms. The normalized spacial score (nSPS) is 18.4. The number of aryl methyl sites for hydroxylation is 1. The summed E-state index contributed by atoms with van der Waals surface area (Å²) in [6.07, 6.45) is 5.07. The van der Waals surface area contributed by atoms with E-state index in [1.54, 1.807) is 20.3 Å². The van der Waals surface area contributed by atoms with Gasteiger partial charge in [-0.15, -0.1) is 5.10 Å². The molecule has 0 unspecified atom stereocenters. The van der Waals surface area contributed by atoms with E-state index in [2.05, 4.69) is 26.7 Å². The number of nitrogens with zero attached hydrogens (tertiary/aromatic N) is 8. The average molecular weight is 503 g/mol. The highest BCUT2D eigenvalue weighted by molar-refractivity contribution is 6.06. The van der Waals surface area contributed by atoms with Crippen molar-refractivity contribution >= 4 is 17.4 Å². The first-order valence-corrected chi connectivity index (χ1v) is 13.3. The Morgan fingerprint density at radius 3 is 2.43 bits per heavy atom. The number of rotatable bonds is 6. The number of para-hydroxylation sites is 2. The Kier molecular flexibility index (Phi) is 6.62. The van der Waals surface area contributed by atoms with Crippen molar-refractivity contribution in [2.75, 3.05) is 64.3 Å². The van der Waals surface area contributed by atoms with E-state index in [-0.39, 0.29) is 11.6 Å². The van der Waals surface area contributed by atoms with Gasteiger partial charge in [0, 0.05) is 38.9 Å². The molecule has 3 aliphatic rings. The molecule has 0 bridgehead atoms. The summed E-state index contributed by atoms with van der Waals surface area (Å²) in [4.78, 5) is 40.8. The first kappa shape index (κ1) is 24.0. The molecule has 2 aromatic heterocycles. The van der Waals surface area contributed by atoms with Gasteiger partial charge in [-0.25, -0.2) is 19.0 Å². The monoisotopic (exact) mass is 502 g/mol. The fourth-order valence-corrected chi connectivity index (χ4v) is 5.62. The van der Waals surface area contributed by atoms with E-state index in [1.165, 1.54) is 12.8 Å². The Morgan fingerprint density at radius 1 is 0.892 bits per heavy atom. The summed E-state index contributed by atoms with van der Waals surface area (Å²) in [6.45, 7) is 7.65. The molecule has 37 heavy (non-hydrogen) atoms. The first-order valence-electron chi connectivity index (χ1n) is 13.3. The van der Waals surface area contributed by atoms with Crippen LogP contribution in [-0.2, 0) is 11.3 Å². The van der Waals surface area contributed by atoms with Gasteiger partial charge in [-0.05, 0) is 70.2 Å². The largest absolute Gasteiger partial charge is 0.350 e. The highest BCUT2D eigenvalue weighted by Gasteiger charge is 2.33. The zero-order chi connectivity index (χ0) is 25.4. The van der Waals surface area contributed by atoms with Crippen molar-refractivity contribution < 1.29 is 4.79 Å². The van der Waals surface area contributed by atoms with E-state index >= 15 is 0 Å². The SMILES string of the molecule is CN1CCN(CC(=O)N2c3ccccc3-n3c(nn(CCCN4CCCC4)c3=O)-c3cccnc32)CC1. The van der Waals surface area contributed by atoms with Crippen LogP contribution in [-0.4, -0.2) is 99.3 Å². The minimum atomic E-state index is -0.188. The van der Waals surface area contributed by atoms with Gasteiger partial charge < -0.3 is 9.80 Å². The summed E-state index contributed by atoms with van der Waals surface area (Å²) in [5, 5.41) is 4.79. The molecule has 0 atom stereocenters. The number of pyridine rings is 1. The van der Waals surface area contributed by atoms with Crippen LogP contribution in [0.4, 0.5) is 11.5 Å². The zero-order valence-corrected chi connectivity index (χ0v) is 21.4. The number of carbonyl (C=O) groups excluding carboxylic acids is 1. The van der Waals surface area contributed by atoms with E-state index < -0.39 is 0 Å². The van der Waals surface area contributed by atoms with Crippen LogP contribution in [0.5, 0.6) is 0 Å². The third-order valence-electron chi connectivity index (χ3n) is 7.69. The summed E-state index contributed by atoms with van der Waals surface area (Å²) in [7, 11) is 2.10. The standard InChI is InChI=1S/C27H34N8O2/c1-30-16-18-32(19-17-30)20-24(36)34-22-9-2-3-10-23(22)35-26(21-8-6-11-28-25(21)34)29-33(27(35)37)15-7-14-31-12-4-5-13-31/h2-3,6,8-11H,4-5,7,12-20H2,1H3. The summed E-state index contributed by atoms with van der Waals surface area (Å²) >= 11 is 0. The fourth-order valence-electron chi connectivity index (χ4n) is 5.62. The molecule has 10 nitrogen and oxygen atoms in total.